The summed E-state index contributed by atoms with van der Waals surface area (Å²) in [4.78, 5) is 12.9. The van der Waals surface area contributed by atoms with Crippen molar-refractivity contribution in [2.45, 2.75) is 53.8 Å². The molecule has 0 spiro atoms. The summed E-state index contributed by atoms with van der Waals surface area (Å²) < 4.78 is 6.11. The lowest BCUT2D eigenvalue weighted by molar-refractivity contribution is -0.0602. The van der Waals surface area contributed by atoms with Crippen LogP contribution < -0.4 is 4.74 Å². The van der Waals surface area contributed by atoms with Crippen molar-refractivity contribution in [3.05, 3.63) is 29.8 Å². The topological polar surface area (TPSA) is 46.5 Å². The Kier molecular flexibility index (Phi) is 3.92. The summed E-state index contributed by atoms with van der Waals surface area (Å²) in [6, 6.07) is 7.30. The maximum absolute atomic E-state index is 12.9. The van der Waals surface area contributed by atoms with E-state index in [-0.39, 0.29) is 22.7 Å². The first-order valence-electron chi connectivity index (χ1n) is 7.51. The highest BCUT2D eigenvalue weighted by molar-refractivity contribution is 6.02. The van der Waals surface area contributed by atoms with Crippen molar-refractivity contribution in [3.63, 3.8) is 0 Å². The minimum absolute atomic E-state index is 0.0146. The Bertz CT molecular complexity index is 534. The Morgan fingerprint density at radius 3 is 2.19 bits per heavy atom. The van der Waals surface area contributed by atoms with E-state index < -0.39 is 12.0 Å². The predicted octanol–water partition coefficient (Wildman–Crippen LogP) is 3.70. The molecule has 0 radical (unpaired) electrons. The quantitative estimate of drug-likeness (QED) is 0.858. The molecule has 0 amide bonds. The van der Waals surface area contributed by atoms with Crippen molar-refractivity contribution in [1.29, 1.82) is 0 Å². The highest BCUT2D eigenvalue weighted by atomic mass is 16.5. The van der Waals surface area contributed by atoms with Gasteiger partial charge >= 0.3 is 0 Å². The van der Waals surface area contributed by atoms with Gasteiger partial charge in [-0.15, -0.1) is 0 Å². The monoisotopic (exact) mass is 290 g/mol. The Hall–Kier alpha value is -1.35. The van der Waals surface area contributed by atoms with Crippen molar-refractivity contribution in [3.8, 4) is 5.75 Å². The number of ether oxygens (including phenoxy) is 1. The number of hydrogen-bond donors (Lipinski definition) is 1. The first-order chi connectivity index (χ1) is 9.53. The van der Waals surface area contributed by atoms with Crippen LogP contribution in [0.5, 0.6) is 5.75 Å². The number of carbonyl (C=O) groups is 1. The van der Waals surface area contributed by atoms with Crippen LogP contribution in [0.25, 0.3) is 0 Å². The van der Waals surface area contributed by atoms with Gasteiger partial charge in [-0.2, -0.15) is 0 Å². The number of rotatable bonds is 1. The van der Waals surface area contributed by atoms with Crippen LogP contribution >= 0.6 is 0 Å². The zero-order valence-corrected chi connectivity index (χ0v) is 13.8. The number of carbonyl (C=O) groups excluding carboxylic acids is 1. The second kappa shape index (κ2) is 5.13. The Morgan fingerprint density at radius 2 is 1.67 bits per heavy atom. The van der Waals surface area contributed by atoms with E-state index in [1.165, 1.54) is 0 Å². The van der Waals surface area contributed by atoms with Crippen molar-refractivity contribution >= 4 is 5.78 Å². The van der Waals surface area contributed by atoms with Crippen molar-refractivity contribution in [1.82, 2.24) is 0 Å². The molecular formula is C18H26O3. The van der Waals surface area contributed by atoms with E-state index in [0.717, 1.165) is 0 Å². The summed E-state index contributed by atoms with van der Waals surface area (Å²) in [7, 11) is 0. The molecule has 116 valence electrons. The van der Waals surface area contributed by atoms with Crippen molar-refractivity contribution in [2.75, 3.05) is 0 Å². The third-order valence-corrected chi connectivity index (χ3v) is 4.12. The molecule has 1 aliphatic heterocycles. The first kappa shape index (κ1) is 16.0. The highest BCUT2D eigenvalue weighted by Crippen LogP contribution is 2.42. The van der Waals surface area contributed by atoms with Crippen LogP contribution in [0, 0.1) is 16.7 Å². The average molecular weight is 290 g/mol. The van der Waals surface area contributed by atoms with E-state index in [1.54, 1.807) is 6.07 Å². The van der Waals surface area contributed by atoms with Crippen LogP contribution in [-0.4, -0.2) is 23.1 Å². The number of Topliss-reactive ketones (excluding diaryl/α,β-unsaturated/α-hetero) is 1. The molecular weight excluding hydrogens is 264 g/mol. The molecule has 0 fully saturated rings. The normalized spacial score (nSPS) is 24.2. The molecule has 1 aromatic carbocycles. The zero-order chi connectivity index (χ0) is 16.0. The van der Waals surface area contributed by atoms with Crippen LogP contribution in [0.15, 0.2) is 24.3 Å². The van der Waals surface area contributed by atoms with Gasteiger partial charge in [-0.05, 0) is 23.0 Å². The Morgan fingerprint density at radius 1 is 1.10 bits per heavy atom. The molecule has 0 aromatic heterocycles. The molecule has 1 N–H and O–H groups in total. The standard InChI is InChI=1S/C18H26O3/c1-17(2,3)15(20)13-14(19)11-9-7-8-10-12(11)21-16(13)18(4,5)6/h7-10,13,15-16,20H,1-6H3/t13-,15+,16+/m0/s1. The summed E-state index contributed by atoms with van der Waals surface area (Å²) >= 11 is 0. The van der Waals surface area contributed by atoms with Crippen LogP contribution in [0.1, 0.15) is 51.9 Å². The van der Waals surface area contributed by atoms with Gasteiger partial charge in [-0.1, -0.05) is 53.7 Å². The predicted molar refractivity (Wildman–Crippen MR) is 83.6 cm³/mol. The molecule has 2 rings (SSSR count). The molecule has 1 heterocycles. The summed E-state index contributed by atoms with van der Waals surface area (Å²) in [6.07, 6.45) is -1.09. The fourth-order valence-electron chi connectivity index (χ4n) is 2.86. The average Bonchev–Trinajstić information content (AvgIpc) is 2.36. The summed E-state index contributed by atoms with van der Waals surface area (Å²) in [6.45, 7) is 12.0. The SMILES string of the molecule is CC(C)(C)[C@H](O)[C@@H]1C(=O)c2ccccc2O[C@H]1C(C)(C)C. The number of para-hydroxylation sites is 1. The number of ketones is 1. The zero-order valence-electron chi connectivity index (χ0n) is 13.8. The minimum atomic E-state index is -0.748. The van der Waals surface area contributed by atoms with E-state index in [0.29, 0.717) is 11.3 Å². The lowest BCUT2D eigenvalue weighted by atomic mass is 9.68. The fourth-order valence-corrected chi connectivity index (χ4v) is 2.86. The highest BCUT2D eigenvalue weighted by Gasteiger charge is 2.49. The van der Waals surface area contributed by atoms with Crippen LogP contribution in [0.4, 0.5) is 0 Å². The number of aliphatic hydroxyl groups is 1. The van der Waals surface area contributed by atoms with Gasteiger partial charge in [0, 0.05) is 0 Å². The number of fused-ring (bicyclic) bond motifs is 1. The summed E-state index contributed by atoms with van der Waals surface area (Å²) in [5, 5.41) is 10.7. The smallest absolute Gasteiger partial charge is 0.176 e. The lowest BCUT2D eigenvalue weighted by Gasteiger charge is -2.44. The third kappa shape index (κ3) is 2.98. The second-order valence-electron chi connectivity index (χ2n) is 8.10. The molecule has 0 bridgehead atoms. The summed E-state index contributed by atoms with van der Waals surface area (Å²) in [5.41, 5.74) is -0.0363. The summed E-state index contributed by atoms with van der Waals surface area (Å²) in [5.74, 6) is 0.0684. The van der Waals surface area contributed by atoms with Crippen LogP contribution in [0.3, 0.4) is 0 Å². The molecule has 21 heavy (non-hydrogen) atoms. The van der Waals surface area contributed by atoms with Gasteiger partial charge in [-0.25, -0.2) is 0 Å². The van der Waals surface area contributed by atoms with E-state index in [1.807, 2.05) is 59.7 Å². The van der Waals surface area contributed by atoms with E-state index in [2.05, 4.69) is 0 Å². The third-order valence-electron chi connectivity index (χ3n) is 4.12. The van der Waals surface area contributed by atoms with Gasteiger partial charge < -0.3 is 9.84 Å². The number of hydrogen-bond acceptors (Lipinski definition) is 3. The fraction of sp³-hybridized carbons (Fsp3) is 0.611. The van der Waals surface area contributed by atoms with Gasteiger partial charge in [0.25, 0.3) is 0 Å². The van der Waals surface area contributed by atoms with Crippen LogP contribution in [-0.2, 0) is 0 Å². The molecule has 1 aromatic rings. The maximum atomic E-state index is 12.9. The van der Waals surface area contributed by atoms with Gasteiger partial charge in [0.1, 0.15) is 11.9 Å². The van der Waals surface area contributed by atoms with Gasteiger partial charge in [0.2, 0.25) is 0 Å². The minimum Gasteiger partial charge on any atom is -0.488 e. The van der Waals surface area contributed by atoms with E-state index in [4.69, 9.17) is 4.74 Å². The van der Waals surface area contributed by atoms with E-state index >= 15 is 0 Å². The van der Waals surface area contributed by atoms with E-state index in [9.17, 15) is 9.90 Å². The molecule has 3 atom stereocenters. The first-order valence-corrected chi connectivity index (χ1v) is 7.51. The van der Waals surface area contributed by atoms with Gasteiger partial charge in [0.05, 0.1) is 17.6 Å². The van der Waals surface area contributed by atoms with Gasteiger partial charge in [0.15, 0.2) is 5.78 Å². The molecule has 0 unspecified atom stereocenters. The largest absolute Gasteiger partial charge is 0.488 e. The van der Waals surface area contributed by atoms with Crippen molar-refractivity contribution < 1.29 is 14.6 Å². The molecule has 1 aliphatic rings. The Labute approximate surface area is 127 Å². The lowest BCUT2D eigenvalue weighted by Crippen LogP contribution is -2.53. The van der Waals surface area contributed by atoms with Crippen molar-refractivity contribution in [2.24, 2.45) is 16.7 Å². The number of aliphatic hydroxyl groups excluding tert-OH is 1. The molecule has 3 nitrogen and oxygen atoms in total. The molecule has 3 heteroatoms. The second-order valence-corrected chi connectivity index (χ2v) is 8.10. The maximum Gasteiger partial charge on any atom is 0.176 e. The van der Waals surface area contributed by atoms with Crippen LogP contribution in [0.2, 0.25) is 0 Å². The Balaban J connectivity index is 2.52. The molecule has 0 saturated heterocycles. The molecule has 0 aliphatic carbocycles. The number of benzene rings is 1. The molecule has 0 saturated carbocycles. The van der Waals surface area contributed by atoms with Gasteiger partial charge in [-0.3, -0.25) is 4.79 Å².